The Morgan fingerprint density at radius 3 is 2.30 bits per heavy atom. The second-order valence-electron chi connectivity index (χ2n) is 7.05. The van der Waals surface area contributed by atoms with Crippen LogP contribution in [0.5, 0.6) is 0 Å². The highest BCUT2D eigenvalue weighted by molar-refractivity contribution is 5.68. The highest BCUT2D eigenvalue weighted by Crippen LogP contribution is 2.22. The van der Waals surface area contributed by atoms with Crippen molar-refractivity contribution in [3.05, 3.63) is 48.6 Å². The topological polar surface area (TPSA) is 49.8 Å². The summed E-state index contributed by atoms with van der Waals surface area (Å²) in [7, 11) is 0. The Labute approximate surface area is 139 Å². The zero-order chi connectivity index (χ0) is 17.6. The maximum absolute atomic E-state index is 12.7. The van der Waals surface area contributed by atoms with Crippen molar-refractivity contribution in [2.45, 2.75) is 58.9 Å². The Morgan fingerprint density at radius 2 is 1.87 bits per heavy atom. The van der Waals surface area contributed by atoms with E-state index in [-0.39, 0.29) is 5.92 Å². The van der Waals surface area contributed by atoms with Gasteiger partial charge in [-0.2, -0.15) is 0 Å². The molecule has 4 heteroatoms. The Hall–Kier alpha value is -1.81. The molecule has 2 atom stereocenters. The quantitative estimate of drug-likeness (QED) is 0.806. The lowest BCUT2D eigenvalue weighted by Gasteiger charge is -2.37. The first kappa shape index (κ1) is 19.2. The molecule has 0 fully saturated rings. The molecular weight excluding hydrogens is 290 g/mol. The number of rotatable bonds is 6. The summed E-state index contributed by atoms with van der Waals surface area (Å²) in [5, 5.41) is 10.3. The zero-order valence-corrected chi connectivity index (χ0v) is 14.8. The number of hydrogen-bond acceptors (Lipinski definition) is 3. The van der Waals surface area contributed by atoms with Gasteiger partial charge in [0, 0.05) is 6.54 Å². The van der Waals surface area contributed by atoms with Gasteiger partial charge in [0.25, 0.3) is 0 Å². The monoisotopic (exact) mass is 319 g/mol. The van der Waals surface area contributed by atoms with Crippen LogP contribution < -0.4 is 0 Å². The van der Waals surface area contributed by atoms with Crippen LogP contribution in [0.4, 0.5) is 4.79 Å². The Kier molecular flexibility index (Phi) is 6.82. The Balaban J connectivity index is 3.12. The van der Waals surface area contributed by atoms with E-state index in [9.17, 15) is 9.90 Å². The van der Waals surface area contributed by atoms with Crippen molar-refractivity contribution < 1.29 is 14.6 Å². The third-order valence-electron chi connectivity index (χ3n) is 3.46. The van der Waals surface area contributed by atoms with Crippen LogP contribution in [0, 0.1) is 5.92 Å². The van der Waals surface area contributed by atoms with Gasteiger partial charge in [-0.3, -0.25) is 4.90 Å². The van der Waals surface area contributed by atoms with E-state index in [2.05, 4.69) is 6.58 Å². The minimum absolute atomic E-state index is 0.0548. The van der Waals surface area contributed by atoms with E-state index in [1.165, 1.54) is 6.08 Å². The molecule has 0 spiro atoms. The van der Waals surface area contributed by atoms with Gasteiger partial charge in [0.2, 0.25) is 0 Å². The van der Waals surface area contributed by atoms with Crippen LogP contribution in [0.1, 0.15) is 40.2 Å². The molecule has 0 bridgehead atoms. The molecule has 0 aliphatic heterocycles. The number of aliphatic hydroxyl groups is 1. The first-order chi connectivity index (χ1) is 10.7. The SMILES string of the molecule is C=C[C@@H](O)[C@H](C(C)C)N(Cc1ccccc1)C(=O)OC(C)(C)C. The summed E-state index contributed by atoms with van der Waals surface area (Å²) in [6, 6.07) is 9.29. The van der Waals surface area contributed by atoms with E-state index in [1.54, 1.807) is 4.90 Å². The van der Waals surface area contributed by atoms with E-state index in [4.69, 9.17) is 4.74 Å². The van der Waals surface area contributed by atoms with E-state index in [0.717, 1.165) is 5.56 Å². The third-order valence-corrected chi connectivity index (χ3v) is 3.46. The fraction of sp³-hybridized carbons (Fsp3) is 0.526. The van der Waals surface area contributed by atoms with Gasteiger partial charge >= 0.3 is 6.09 Å². The van der Waals surface area contributed by atoms with Crippen LogP contribution in [0.2, 0.25) is 0 Å². The second kappa shape index (κ2) is 8.16. The highest BCUT2D eigenvalue weighted by Gasteiger charge is 2.33. The van der Waals surface area contributed by atoms with Crippen LogP contribution in [0.25, 0.3) is 0 Å². The van der Waals surface area contributed by atoms with Gasteiger partial charge < -0.3 is 9.84 Å². The average Bonchev–Trinajstić information content (AvgIpc) is 2.45. The molecule has 1 amide bonds. The zero-order valence-electron chi connectivity index (χ0n) is 14.8. The van der Waals surface area contributed by atoms with Gasteiger partial charge in [0.15, 0.2) is 0 Å². The summed E-state index contributed by atoms with van der Waals surface area (Å²) >= 11 is 0. The molecule has 0 heterocycles. The summed E-state index contributed by atoms with van der Waals surface area (Å²) in [6.07, 6.45) is 0.222. The molecule has 0 aliphatic carbocycles. The van der Waals surface area contributed by atoms with E-state index >= 15 is 0 Å². The van der Waals surface area contributed by atoms with Crippen molar-refractivity contribution >= 4 is 6.09 Å². The number of benzene rings is 1. The Bertz CT molecular complexity index is 505. The lowest BCUT2D eigenvalue weighted by molar-refractivity contribution is -0.0104. The molecular formula is C19H29NO3. The van der Waals surface area contributed by atoms with Crippen molar-refractivity contribution in [3.8, 4) is 0 Å². The number of amides is 1. The predicted molar refractivity (Wildman–Crippen MR) is 93.0 cm³/mol. The molecule has 1 N–H and O–H groups in total. The second-order valence-corrected chi connectivity index (χ2v) is 7.05. The van der Waals surface area contributed by atoms with E-state index in [1.807, 2.05) is 65.0 Å². The van der Waals surface area contributed by atoms with Gasteiger partial charge in [-0.1, -0.05) is 50.3 Å². The molecule has 4 nitrogen and oxygen atoms in total. The maximum atomic E-state index is 12.7. The molecule has 1 aromatic rings. The molecule has 23 heavy (non-hydrogen) atoms. The number of aliphatic hydroxyl groups excluding tert-OH is 1. The maximum Gasteiger partial charge on any atom is 0.410 e. The van der Waals surface area contributed by atoms with Crippen molar-refractivity contribution in [1.29, 1.82) is 0 Å². The van der Waals surface area contributed by atoms with Gasteiger partial charge in [0.05, 0.1) is 12.1 Å². The molecule has 0 radical (unpaired) electrons. The van der Waals surface area contributed by atoms with Crippen molar-refractivity contribution in [2.24, 2.45) is 5.92 Å². The fourth-order valence-corrected chi connectivity index (χ4v) is 2.47. The van der Waals surface area contributed by atoms with Crippen LogP contribution in [0.15, 0.2) is 43.0 Å². The van der Waals surface area contributed by atoms with Crippen LogP contribution in [-0.2, 0) is 11.3 Å². The molecule has 0 unspecified atom stereocenters. The highest BCUT2D eigenvalue weighted by atomic mass is 16.6. The molecule has 0 saturated carbocycles. The van der Waals surface area contributed by atoms with Crippen LogP contribution >= 0.6 is 0 Å². The van der Waals surface area contributed by atoms with Gasteiger partial charge in [-0.25, -0.2) is 4.79 Å². The molecule has 0 aliphatic rings. The Morgan fingerprint density at radius 1 is 1.30 bits per heavy atom. The summed E-state index contributed by atoms with van der Waals surface area (Å²) in [5.41, 5.74) is 0.396. The minimum atomic E-state index is -0.814. The first-order valence-electron chi connectivity index (χ1n) is 8.00. The molecule has 0 saturated heterocycles. The fourth-order valence-electron chi connectivity index (χ4n) is 2.47. The third kappa shape index (κ3) is 6.06. The van der Waals surface area contributed by atoms with Crippen LogP contribution in [0.3, 0.4) is 0 Å². The number of ether oxygens (including phenoxy) is 1. The van der Waals surface area contributed by atoms with Crippen molar-refractivity contribution in [1.82, 2.24) is 4.90 Å². The number of carbonyl (C=O) groups excluding carboxylic acids is 1. The predicted octanol–water partition coefficient (Wildman–Crippen LogP) is 4.00. The van der Waals surface area contributed by atoms with Gasteiger partial charge in [0.1, 0.15) is 5.60 Å². The summed E-state index contributed by atoms with van der Waals surface area (Å²) in [4.78, 5) is 14.3. The average molecular weight is 319 g/mol. The number of nitrogens with zero attached hydrogens (tertiary/aromatic N) is 1. The largest absolute Gasteiger partial charge is 0.444 e. The minimum Gasteiger partial charge on any atom is -0.444 e. The molecule has 0 aromatic heterocycles. The number of carbonyl (C=O) groups is 1. The lowest BCUT2D eigenvalue weighted by Crippen LogP contribution is -2.50. The molecule has 1 rings (SSSR count). The lowest BCUT2D eigenvalue weighted by atomic mass is 9.96. The summed E-state index contributed by atoms with van der Waals surface area (Å²) < 4.78 is 5.54. The smallest absolute Gasteiger partial charge is 0.410 e. The van der Waals surface area contributed by atoms with Crippen LogP contribution in [-0.4, -0.2) is 33.8 Å². The van der Waals surface area contributed by atoms with E-state index in [0.29, 0.717) is 6.54 Å². The molecule has 1 aromatic carbocycles. The first-order valence-corrected chi connectivity index (χ1v) is 8.00. The summed E-state index contributed by atoms with van der Waals surface area (Å²) in [5.74, 6) is 0.0548. The van der Waals surface area contributed by atoms with E-state index < -0.39 is 23.8 Å². The van der Waals surface area contributed by atoms with Crippen molar-refractivity contribution in [3.63, 3.8) is 0 Å². The summed E-state index contributed by atoms with van der Waals surface area (Å²) in [6.45, 7) is 13.5. The number of hydrogen-bond donors (Lipinski definition) is 1. The van der Waals surface area contributed by atoms with Gasteiger partial charge in [-0.05, 0) is 32.3 Å². The van der Waals surface area contributed by atoms with Gasteiger partial charge in [-0.15, -0.1) is 6.58 Å². The van der Waals surface area contributed by atoms with Crippen molar-refractivity contribution in [2.75, 3.05) is 0 Å². The standard InChI is InChI=1S/C19H29NO3/c1-7-16(21)17(14(2)3)20(18(22)23-19(4,5)6)13-15-11-9-8-10-12-15/h7-12,14,16-17,21H,1,13H2,2-6H3/t16-,17+/m1/s1. The molecule has 128 valence electrons. The normalized spacial score (nSPS) is 14.2.